The molecule has 3 aromatic rings. The molecule has 0 aliphatic heterocycles. The largest absolute Gasteiger partial charge is 0.493 e. The van der Waals surface area contributed by atoms with Crippen molar-refractivity contribution in [2.24, 2.45) is 0 Å². The van der Waals surface area contributed by atoms with Crippen molar-refractivity contribution in [1.82, 2.24) is 10.2 Å². The van der Waals surface area contributed by atoms with E-state index in [1.54, 1.807) is 24.3 Å². The van der Waals surface area contributed by atoms with Crippen molar-refractivity contribution in [3.05, 3.63) is 59.7 Å². The summed E-state index contributed by atoms with van der Waals surface area (Å²) in [5.41, 5.74) is 0.943. The van der Waals surface area contributed by atoms with E-state index >= 15 is 0 Å². The Hall–Kier alpha value is -3.42. The minimum absolute atomic E-state index is 0.00211. The average molecular weight is 358 g/mol. The number of benzene rings is 2. The van der Waals surface area contributed by atoms with Gasteiger partial charge in [-0.3, -0.25) is 0 Å². The molecule has 0 atom stereocenters. The van der Waals surface area contributed by atoms with Crippen LogP contribution < -0.4 is 9.47 Å². The first-order chi connectivity index (χ1) is 12.6. The monoisotopic (exact) mass is 358 g/mol. The summed E-state index contributed by atoms with van der Waals surface area (Å²) in [6.45, 7) is 0.00211. The number of aromatic nitrogens is 2. The molecule has 0 N–H and O–H groups in total. The molecule has 1 aromatic heterocycles. The van der Waals surface area contributed by atoms with E-state index in [2.05, 4.69) is 14.9 Å². The molecular formula is C18H15FN2O5. The number of hydrogen-bond donors (Lipinski definition) is 0. The highest BCUT2D eigenvalue weighted by Crippen LogP contribution is 2.29. The van der Waals surface area contributed by atoms with Crippen molar-refractivity contribution in [2.75, 3.05) is 14.2 Å². The number of esters is 1. The Morgan fingerprint density at radius 2 is 1.85 bits per heavy atom. The Balaban J connectivity index is 1.71. The second-order valence-electron chi connectivity index (χ2n) is 5.15. The van der Waals surface area contributed by atoms with E-state index in [1.165, 1.54) is 32.4 Å². The van der Waals surface area contributed by atoms with Crippen molar-refractivity contribution in [3.8, 4) is 23.0 Å². The lowest BCUT2D eigenvalue weighted by Crippen LogP contribution is -2.03. The average Bonchev–Trinajstić information content (AvgIpc) is 3.15. The first-order valence-electron chi connectivity index (χ1n) is 7.58. The summed E-state index contributed by atoms with van der Waals surface area (Å²) in [6, 6.07) is 10.4. The van der Waals surface area contributed by atoms with Gasteiger partial charge in [-0.2, -0.15) is 0 Å². The van der Waals surface area contributed by atoms with Crippen molar-refractivity contribution in [3.63, 3.8) is 0 Å². The van der Waals surface area contributed by atoms with Gasteiger partial charge in [-0.05, 0) is 42.5 Å². The summed E-state index contributed by atoms with van der Waals surface area (Å²) >= 11 is 0. The number of ether oxygens (including phenoxy) is 3. The van der Waals surface area contributed by atoms with Crippen LogP contribution in [0.25, 0.3) is 11.5 Å². The van der Waals surface area contributed by atoms with E-state index in [-0.39, 0.29) is 24.2 Å². The van der Waals surface area contributed by atoms with Crippen molar-refractivity contribution >= 4 is 5.97 Å². The normalized spacial score (nSPS) is 10.4. The fourth-order valence-electron chi connectivity index (χ4n) is 2.19. The molecule has 3 rings (SSSR count). The van der Waals surface area contributed by atoms with E-state index in [0.717, 1.165) is 0 Å². The Bertz CT molecular complexity index is 908. The topological polar surface area (TPSA) is 83.7 Å². The number of carbonyl (C=O) groups is 1. The molecule has 0 radical (unpaired) electrons. The van der Waals surface area contributed by atoms with Crippen LogP contribution in [0.1, 0.15) is 16.2 Å². The van der Waals surface area contributed by atoms with Crippen LogP contribution in [0, 0.1) is 5.82 Å². The maximum absolute atomic E-state index is 13.0. The molecule has 7 nitrogen and oxygen atoms in total. The zero-order valence-electron chi connectivity index (χ0n) is 14.1. The van der Waals surface area contributed by atoms with Crippen LogP contribution in [0.15, 0.2) is 46.9 Å². The Kier molecular flexibility index (Phi) is 5.12. The molecule has 0 saturated carbocycles. The van der Waals surface area contributed by atoms with Crippen molar-refractivity contribution in [2.45, 2.75) is 6.61 Å². The quantitative estimate of drug-likeness (QED) is 0.625. The molecule has 1 heterocycles. The van der Waals surface area contributed by atoms with Crippen LogP contribution in [0.5, 0.6) is 11.5 Å². The van der Waals surface area contributed by atoms with Crippen LogP contribution in [0.4, 0.5) is 4.39 Å². The highest BCUT2D eigenvalue weighted by atomic mass is 19.1. The van der Waals surface area contributed by atoms with Crippen LogP contribution in [-0.2, 0) is 11.3 Å². The summed E-state index contributed by atoms with van der Waals surface area (Å²) < 4.78 is 34.0. The summed E-state index contributed by atoms with van der Waals surface area (Å²) in [6.07, 6.45) is 0. The third-order valence-electron chi connectivity index (χ3n) is 3.49. The van der Waals surface area contributed by atoms with Gasteiger partial charge in [0, 0.05) is 5.56 Å². The van der Waals surface area contributed by atoms with E-state index in [0.29, 0.717) is 22.6 Å². The predicted molar refractivity (Wildman–Crippen MR) is 88.4 cm³/mol. The van der Waals surface area contributed by atoms with Gasteiger partial charge in [-0.25, -0.2) is 9.18 Å². The lowest BCUT2D eigenvalue weighted by Gasteiger charge is -2.10. The molecule has 8 heteroatoms. The van der Waals surface area contributed by atoms with Gasteiger partial charge in [0.2, 0.25) is 5.89 Å². The van der Waals surface area contributed by atoms with E-state index in [9.17, 15) is 9.18 Å². The van der Waals surface area contributed by atoms with Gasteiger partial charge < -0.3 is 18.6 Å². The number of nitrogens with zero attached hydrogens (tertiary/aromatic N) is 2. The number of halogens is 1. The molecule has 0 amide bonds. The zero-order valence-corrected chi connectivity index (χ0v) is 14.1. The lowest BCUT2D eigenvalue weighted by molar-refractivity contribution is 0.0600. The molecule has 0 saturated heterocycles. The van der Waals surface area contributed by atoms with Crippen LogP contribution >= 0.6 is 0 Å². The van der Waals surface area contributed by atoms with Crippen LogP contribution in [-0.4, -0.2) is 30.4 Å². The zero-order chi connectivity index (χ0) is 18.5. The first-order valence-corrected chi connectivity index (χ1v) is 7.58. The molecule has 26 heavy (non-hydrogen) atoms. The summed E-state index contributed by atoms with van der Waals surface area (Å²) in [5, 5.41) is 7.80. The first kappa shape index (κ1) is 17.4. The number of hydrogen-bond acceptors (Lipinski definition) is 7. The standard InChI is InChI=1S/C18H15FN2O5/c1-23-15-9-12(18(22)24-2)5-8-14(15)25-10-16-20-21-17(26-16)11-3-6-13(19)7-4-11/h3-9H,10H2,1-2H3. The van der Waals surface area contributed by atoms with Gasteiger partial charge in [0.1, 0.15) is 5.82 Å². The third kappa shape index (κ3) is 3.80. The predicted octanol–water partition coefficient (Wildman–Crippen LogP) is 3.25. The molecule has 0 aliphatic rings. The SMILES string of the molecule is COC(=O)c1ccc(OCc2nnc(-c3ccc(F)cc3)o2)c(OC)c1. The highest BCUT2D eigenvalue weighted by Gasteiger charge is 2.13. The van der Waals surface area contributed by atoms with Gasteiger partial charge >= 0.3 is 5.97 Å². The maximum atomic E-state index is 13.0. The third-order valence-corrected chi connectivity index (χ3v) is 3.49. The Morgan fingerprint density at radius 3 is 2.54 bits per heavy atom. The lowest BCUT2D eigenvalue weighted by atomic mass is 10.2. The summed E-state index contributed by atoms with van der Waals surface area (Å²) in [4.78, 5) is 11.6. The minimum Gasteiger partial charge on any atom is -0.493 e. The highest BCUT2D eigenvalue weighted by molar-refractivity contribution is 5.90. The fourth-order valence-corrected chi connectivity index (χ4v) is 2.19. The molecule has 0 aliphatic carbocycles. The summed E-state index contributed by atoms with van der Waals surface area (Å²) in [5.74, 6) is 0.447. The molecular weight excluding hydrogens is 343 g/mol. The van der Waals surface area contributed by atoms with Crippen molar-refractivity contribution in [1.29, 1.82) is 0 Å². The fraction of sp³-hybridized carbons (Fsp3) is 0.167. The van der Waals surface area contributed by atoms with Crippen molar-refractivity contribution < 1.29 is 27.8 Å². The van der Waals surface area contributed by atoms with Gasteiger partial charge in [0.05, 0.1) is 19.8 Å². The minimum atomic E-state index is -0.476. The number of methoxy groups -OCH3 is 2. The molecule has 0 unspecified atom stereocenters. The smallest absolute Gasteiger partial charge is 0.337 e. The van der Waals surface area contributed by atoms with E-state index in [4.69, 9.17) is 13.9 Å². The summed E-state index contributed by atoms with van der Waals surface area (Å²) in [7, 11) is 2.76. The second kappa shape index (κ2) is 7.64. The van der Waals surface area contributed by atoms with Gasteiger partial charge in [0.15, 0.2) is 18.1 Å². The second-order valence-corrected chi connectivity index (χ2v) is 5.15. The molecule has 0 bridgehead atoms. The van der Waals surface area contributed by atoms with Crippen LogP contribution in [0.2, 0.25) is 0 Å². The van der Waals surface area contributed by atoms with Crippen LogP contribution in [0.3, 0.4) is 0 Å². The number of carbonyl (C=O) groups excluding carboxylic acids is 1. The Morgan fingerprint density at radius 1 is 1.08 bits per heavy atom. The maximum Gasteiger partial charge on any atom is 0.337 e. The number of rotatable bonds is 6. The van der Waals surface area contributed by atoms with E-state index in [1.807, 2.05) is 0 Å². The van der Waals surface area contributed by atoms with Gasteiger partial charge in [-0.15, -0.1) is 10.2 Å². The van der Waals surface area contributed by atoms with Gasteiger partial charge in [-0.1, -0.05) is 0 Å². The molecule has 134 valence electrons. The Labute approximate surface area is 148 Å². The molecule has 0 spiro atoms. The van der Waals surface area contributed by atoms with E-state index < -0.39 is 5.97 Å². The van der Waals surface area contributed by atoms with Gasteiger partial charge in [0.25, 0.3) is 5.89 Å². The molecule has 2 aromatic carbocycles. The molecule has 0 fully saturated rings.